The highest BCUT2D eigenvalue weighted by molar-refractivity contribution is 5.97. The van der Waals surface area contributed by atoms with E-state index in [2.05, 4.69) is 5.32 Å². The third kappa shape index (κ3) is 3.70. The standard InChI is InChI=1S/C15H14N4O6/c1-8-3-4-9(2)11(5-8)16-14-12(18(22)23)6-10(15(20)17-21)7-13(14)19(24)25/h3-7,16,21H,1-2H3,(H,17,20). The van der Waals surface area contributed by atoms with Gasteiger partial charge in [0, 0.05) is 17.8 Å². The third-order valence-electron chi connectivity index (χ3n) is 3.51. The van der Waals surface area contributed by atoms with E-state index in [-0.39, 0.29) is 5.69 Å². The molecule has 0 unspecified atom stereocenters. The highest BCUT2D eigenvalue weighted by Crippen LogP contribution is 2.38. The van der Waals surface area contributed by atoms with Crippen LogP contribution in [0.5, 0.6) is 0 Å². The Bertz CT molecular complexity index is 845. The maximum Gasteiger partial charge on any atom is 0.300 e. The number of carbonyl (C=O) groups excluding carboxylic acids is 1. The number of anilines is 2. The topological polar surface area (TPSA) is 148 Å². The van der Waals surface area contributed by atoms with Crippen LogP contribution in [0.3, 0.4) is 0 Å². The average Bonchev–Trinajstić information content (AvgIpc) is 2.56. The Labute approximate surface area is 141 Å². The summed E-state index contributed by atoms with van der Waals surface area (Å²) < 4.78 is 0. The number of amides is 1. The molecule has 0 aliphatic rings. The van der Waals surface area contributed by atoms with Crippen molar-refractivity contribution in [3.05, 3.63) is 67.3 Å². The van der Waals surface area contributed by atoms with Gasteiger partial charge in [0.2, 0.25) is 0 Å². The average molecular weight is 346 g/mol. The fourth-order valence-corrected chi connectivity index (χ4v) is 2.23. The molecule has 3 N–H and O–H groups in total. The molecule has 10 nitrogen and oxygen atoms in total. The normalized spacial score (nSPS) is 10.2. The lowest BCUT2D eigenvalue weighted by Gasteiger charge is -2.12. The van der Waals surface area contributed by atoms with Crippen LogP contribution in [-0.4, -0.2) is 21.0 Å². The van der Waals surface area contributed by atoms with Crippen molar-refractivity contribution in [3.63, 3.8) is 0 Å². The van der Waals surface area contributed by atoms with Crippen molar-refractivity contribution in [1.29, 1.82) is 0 Å². The second kappa shape index (κ2) is 6.93. The summed E-state index contributed by atoms with van der Waals surface area (Å²) in [5.74, 6) is -1.09. The Morgan fingerprint density at radius 1 is 1.04 bits per heavy atom. The van der Waals surface area contributed by atoms with E-state index in [1.807, 2.05) is 13.0 Å². The molecule has 0 saturated carbocycles. The van der Waals surface area contributed by atoms with Gasteiger partial charge in [0.05, 0.1) is 15.4 Å². The second-order valence-corrected chi connectivity index (χ2v) is 5.29. The van der Waals surface area contributed by atoms with Gasteiger partial charge in [-0.25, -0.2) is 5.48 Å². The molecule has 0 bridgehead atoms. The predicted octanol–water partition coefficient (Wildman–Crippen LogP) is 2.98. The van der Waals surface area contributed by atoms with Crippen LogP contribution in [0.1, 0.15) is 21.5 Å². The first-order valence-corrected chi connectivity index (χ1v) is 7.00. The van der Waals surface area contributed by atoms with Crippen LogP contribution in [0.15, 0.2) is 30.3 Å². The highest BCUT2D eigenvalue weighted by atomic mass is 16.6. The number of benzene rings is 2. The molecular formula is C15H14N4O6. The number of hydrogen-bond donors (Lipinski definition) is 3. The number of hydrogen-bond acceptors (Lipinski definition) is 7. The predicted molar refractivity (Wildman–Crippen MR) is 88.2 cm³/mol. The van der Waals surface area contributed by atoms with E-state index in [0.717, 1.165) is 23.3 Å². The maximum atomic E-state index is 11.5. The molecule has 0 saturated heterocycles. The first-order valence-electron chi connectivity index (χ1n) is 7.00. The second-order valence-electron chi connectivity index (χ2n) is 5.29. The Morgan fingerprint density at radius 2 is 1.60 bits per heavy atom. The summed E-state index contributed by atoms with van der Waals surface area (Å²) in [5.41, 5.74) is 1.27. The molecule has 0 aromatic heterocycles. The molecule has 0 fully saturated rings. The van der Waals surface area contributed by atoms with Crippen LogP contribution in [0.4, 0.5) is 22.7 Å². The molecule has 2 aromatic rings. The molecule has 25 heavy (non-hydrogen) atoms. The van der Waals surface area contributed by atoms with Crippen molar-refractivity contribution >= 4 is 28.7 Å². The molecule has 2 aromatic carbocycles. The third-order valence-corrected chi connectivity index (χ3v) is 3.51. The van der Waals surface area contributed by atoms with Crippen LogP contribution in [0.25, 0.3) is 0 Å². The molecule has 0 atom stereocenters. The molecule has 0 spiro atoms. The van der Waals surface area contributed by atoms with Crippen LogP contribution in [-0.2, 0) is 0 Å². The van der Waals surface area contributed by atoms with Gasteiger partial charge in [0.25, 0.3) is 5.91 Å². The summed E-state index contributed by atoms with van der Waals surface area (Å²) in [6.45, 7) is 3.55. The van der Waals surface area contributed by atoms with Gasteiger partial charge in [0.15, 0.2) is 5.69 Å². The molecule has 2 rings (SSSR count). The molecule has 1 amide bonds. The van der Waals surface area contributed by atoms with Gasteiger partial charge < -0.3 is 5.32 Å². The van der Waals surface area contributed by atoms with Crippen LogP contribution >= 0.6 is 0 Å². The van der Waals surface area contributed by atoms with E-state index in [4.69, 9.17) is 5.21 Å². The van der Waals surface area contributed by atoms with Gasteiger partial charge in [-0.3, -0.25) is 30.2 Å². The monoisotopic (exact) mass is 346 g/mol. The molecule has 0 radical (unpaired) electrons. The quantitative estimate of drug-likeness (QED) is 0.428. The molecule has 10 heteroatoms. The van der Waals surface area contributed by atoms with E-state index in [9.17, 15) is 25.0 Å². The molecule has 130 valence electrons. The summed E-state index contributed by atoms with van der Waals surface area (Å²) in [5, 5.41) is 34.1. The lowest BCUT2D eigenvalue weighted by molar-refractivity contribution is -0.392. The summed E-state index contributed by atoms with van der Waals surface area (Å²) in [6.07, 6.45) is 0. The van der Waals surface area contributed by atoms with E-state index in [0.29, 0.717) is 5.69 Å². The summed E-state index contributed by atoms with van der Waals surface area (Å²) in [7, 11) is 0. The zero-order chi connectivity index (χ0) is 18.7. The van der Waals surface area contributed by atoms with E-state index >= 15 is 0 Å². The number of nitro groups is 2. The number of hydroxylamine groups is 1. The summed E-state index contributed by atoms with van der Waals surface area (Å²) >= 11 is 0. The van der Waals surface area contributed by atoms with E-state index in [1.54, 1.807) is 19.1 Å². The number of aryl methyl sites for hydroxylation is 2. The number of nitrogens with zero attached hydrogens (tertiary/aromatic N) is 2. The van der Waals surface area contributed by atoms with Gasteiger partial charge in [-0.1, -0.05) is 12.1 Å². The minimum atomic E-state index is -1.09. The van der Waals surface area contributed by atoms with Crippen molar-refractivity contribution in [2.75, 3.05) is 5.32 Å². The zero-order valence-electron chi connectivity index (χ0n) is 13.3. The maximum absolute atomic E-state index is 11.5. The van der Waals surface area contributed by atoms with Gasteiger partial charge >= 0.3 is 11.4 Å². The van der Waals surface area contributed by atoms with Crippen molar-refractivity contribution in [2.45, 2.75) is 13.8 Å². The number of rotatable bonds is 5. The fraction of sp³-hybridized carbons (Fsp3) is 0.133. The fourth-order valence-electron chi connectivity index (χ4n) is 2.23. The summed E-state index contributed by atoms with van der Waals surface area (Å²) in [4.78, 5) is 32.5. The van der Waals surface area contributed by atoms with Crippen LogP contribution in [0, 0.1) is 34.1 Å². The van der Waals surface area contributed by atoms with Crippen molar-refractivity contribution < 1.29 is 19.8 Å². The van der Waals surface area contributed by atoms with Gasteiger partial charge in [-0.15, -0.1) is 0 Å². The number of nitro benzene ring substituents is 2. The van der Waals surface area contributed by atoms with Gasteiger partial charge in [-0.2, -0.15) is 0 Å². The first-order chi connectivity index (χ1) is 11.7. The highest BCUT2D eigenvalue weighted by Gasteiger charge is 2.29. The van der Waals surface area contributed by atoms with E-state index in [1.165, 1.54) is 5.48 Å². The Morgan fingerprint density at radius 3 is 2.08 bits per heavy atom. The molecule has 0 aliphatic carbocycles. The lowest BCUT2D eigenvalue weighted by atomic mass is 10.1. The molecule has 0 heterocycles. The Kier molecular flexibility index (Phi) is 4.94. The van der Waals surface area contributed by atoms with Gasteiger partial charge in [-0.05, 0) is 31.0 Å². The van der Waals surface area contributed by atoms with Crippen molar-refractivity contribution in [2.24, 2.45) is 0 Å². The minimum Gasteiger partial charge on any atom is -0.344 e. The molecule has 0 aliphatic heterocycles. The number of carbonyl (C=O) groups is 1. The first kappa shape index (κ1) is 17.8. The van der Waals surface area contributed by atoms with Crippen molar-refractivity contribution in [1.82, 2.24) is 5.48 Å². The smallest absolute Gasteiger partial charge is 0.300 e. The van der Waals surface area contributed by atoms with Crippen LogP contribution < -0.4 is 10.8 Å². The molecular weight excluding hydrogens is 332 g/mol. The Hall–Kier alpha value is -3.53. The minimum absolute atomic E-state index is 0.349. The van der Waals surface area contributed by atoms with Crippen LogP contribution in [0.2, 0.25) is 0 Å². The largest absolute Gasteiger partial charge is 0.344 e. The Balaban J connectivity index is 2.70. The number of nitrogens with one attached hydrogen (secondary N) is 2. The zero-order valence-corrected chi connectivity index (χ0v) is 13.3. The SMILES string of the molecule is Cc1ccc(C)c(Nc2c([N+](=O)[O-])cc(C(=O)NO)cc2[N+](=O)[O-])c1. The lowest BCUT2D eigenvalue weighted by Crippen LogP contribution is -2.19. The van der Waals surface area contributed by atoms with Crippen molar-refractivity contribution in [3.8, 4) is 0 Å². The summed E-state index contributed by atoms with van der Waals surface area (Å²) in [6, 6.07) is 7.00. The van der Waals surface area contributed by atoms with E-state index < -0.39 is 32.7 Å². The van der Waals surface area contributed by atoms with Gasteiger partial charge in [0.1, 0.15) is 0 Å².